The maximum atomic E-state index is 13.1. The van der Waals surface area contributed by atoms with E-state index in [4.69, 9.17) is 0 Å². The first-order valence-corrected chi connectivity index (χ1v) is 8.84. The van der Waals surface area contributed by atoms with Gasteiger partial charge in [0.2, 0.25) is 0 Å². The third-order valence-corrected chi connectivity index (χ3v) is 5.57. The second-order valence-corrected chi connectivity index (χ2v) is 8.93. The van der Waals surface area contributed by atoms with E-state index >= 15 is 0 Å². The summed E-state index contributed by atoms with van der Waals surface area (Å²) in [6.07, 6.45) is -3.83. The molecule has 2 nitrogen and oxygen atoms in total. The molecule has 1 N–H and O–H groups in total. The molecule has 0 amide bonds. The minimum Gasteiger partial charge on any atom is -0.242 e. The van der Waals surface area contributed by atoms with Crippen LogP contribution >= 0.6 is 0 Å². The average molecular weight is 349 g/mol. The van der Waals surface area contributed by atoms with Crippen molar-refractivity contribution in [3.8, 4) is 0 Å². The van der Waals surface area contributed by atoms with Crippen LogP contribution in [0.5, 0.6) is 0 Å². The van der Waals surface area contributed by atoms with Crippen LogP contribution in [0.4, 0.5) is 13.2 Å². The zero-order valence-corrected chi connectivity index (χ0v) is 15.4. The van der Waals surface area contributed by atoms with Crippen molar-refractivity contribution < 1.29 is 17.4 Å². The number of hydrogen-bond acceptors (Lipinski definition) is 1. The number of rotatable bonds is 6. The van der Waals surface area contributed by atoms with Gasteiger partial charge in [0.15, 0.2) is 0 Å². The van der Waals surface area contributed by atoms with Gasteiger partial charge in [0.1, 0.15) is 0 Å². The van der Waals surface area contributed by atoms with Crippen LogP contribution in [-0.4, -0.2) is 16.0 Å². The Labute approximate surface area is 139 Å². The van der Waals surface area contributed by atoms with Gasteiger partial charge >= 0.3 is 6.18 Å². The van der Waals surface area contributed by atoms with Crippen molar-refractivity contribution in [3.63, 3.8) is 0 Å². The molecule has 0 spiro atoms. The van der Waals surface area contributed by atoms with Gasteiger partial charge in [-0.25, -0.2) is 8.93 Å². The summed E-state index contributed by atoms with van der Waals surface area (Å²) in [4.78, 5) is 0. The number of halogens is 3. The molecule has 1 unspecified atom stereocenters. The Bertz CT molecular complexity index is 567. The number of hydrogen-bond donors (Lipinski definition) is 1. The predicted molar refractivity (Wildman–Crippen MR) is 89.8 cm³/mol. The minimum absolute atomic E-state index is 0.0164. The van der Waals surface area contributed by atoms with Gasteiger partial charge in [-0.1, -0.05) is 26.8 Å². The van der Waals surface area contributed by atoms with E-state index in [2.05, 4.69) is 4.72 Å². The Kier molecular flexibility index (Phi) is 6.44. The number of benzene rings is 1. The van der Waals surface area contributed by atoms with Gasteiger partial charge in [0, 0.05) is 0 Å². The quantitative estimate of drug-likeness (QED) is 0.771. The summed E-state index contributed by atoms with van der Waals surface area (Å²) in [5, 5.41) is 0. The van der Waals surface area contributed by atoms with Crippen LogP contribution in [0.3, 0.4) is 0 Å². The molecule has 6 heteroatoms. The lowest BCUT2D eigenvalue weighted by Gasteiger charge is -2.27. The van der Waals surface area contributed by atoms with Gasteiger partial charge in [-0.2, -0.15) is 13.2 Å². The summed E-state index contributed by atoms with van der Waals surface area (Å²) in [7, 11) is 0.374. The van der Waals surface area contributed by atoms with Gasteiger partial charge in [0.25, 0.3) is 0 Å². The molecule has 132 valence electrons. The van der Waals surface area contributed by atoms with E-state index in [1.807, 2.05) is 40.7 Å². The highest BCUT2D eigenvalue weighted by atomic mass is 32.2. The topological polar surface area (TPSA) is 29.1 Å². The maximum Gasteiger partial charge on any atom is 0.416 e. The van der Waals surface area contributed by atoms with Gasteiger partial charge < -0.3 is 0 Å². The van der Waals surface area contributed by atoms with E-state index in [-0.39, 0.29) is 11.8 Å². The largest absolute Gasteiger partial charge is 0.416 e. The molecular weight excluding hydrogens is 323 g/mol. The summed E-state index contributed by atoms with van der Waals surface area (Å²) in [6.45, 7) is 9.35. The molecule has 0 aliphatic heterocycles. The summed E-state index contributed by atoms with van der Waals surface area (Å²) >= 11 is 0. The highest BCUT2D eigenvalue weighted by Crippen LogP contribution is 2.36. The van der Waals surface area contributed by atoms with Crippen molar-refractivity contribution >= 4 is 11.0 Å². The van der Waals surface area contributed by atoms with Gasteiger partial charge in [-0.15, -0.1) is 0 Å². The lowest BCUT2D eigenvalue weighted by atomic mass is 9.87. The molecule has 0 saturated heterocycles. The predicted octanol–water partition coefficient (Wildman–Crippen LogP) is 4.98. The van der Waals surface area contributed by atoms with Crippen LogP contribution in [0.25, 0.3) is 0 Å². The van der Waals surface area contributed by atoms with E-state index in [0.29, 0.717) is 17.5 Å². The van der Waals surface area contributed by atoms with Crippen molar-refractivity contribution in [2.45, 2.75) is 63.8 Å². The Morgan fingerprint density at radius 3 is 2.04 bits per heavy atom. The minimum atomic E-state index is -4.36. The molecule has 1 aromatic carbocycles. The highest BCUT2D eigenvalue weighted by molar-refractivity contribution is 7.84. The van der Waals surface area contributed by atoms with Crippen LogP contribution in [-0.2, 0) is 17.2 Å². The van der Waals surface area contributed by atoms with E-state index in [1.54, 1.807) is 7.05 Å². The summed E-state index contributed by atoms with van der Waals surface area (Å²) in [5.41, 5.74) is 0.706. The molecule has 1 rings (SSSR count). The fourth-order valence-electron chi connectivity index (χ4n) is 2.67. The smallest absolute Gasteiger partial charge is 0.242 e. The van der Waals surface area contributed by atoms with Crippen molar-refractivity contribution in [3.05, 3.63) is 34.9 Å². The SMILES string of the molecule is CNS(=O)C(C)(C)C[C@@H](C)c1cc(C(C)C)cc(C(F)(F)F)c1. The van der Waals surface area contributed by atoms with E-state index in [9.17, 15) is 17.4 Å². The van der Waals surface area contributed by atoms with Crippen molar-refractivity contribution in [1.82, 2.24) is 4.72 Å². The van der Waals surface area contributed by atoms with Crippen molar-refractivity contribution in [2.24, 2.45) is 0 Å². The zero-order valence-electron chi connectivity index (χ0n) is 14.5. The summed E-state index contributed by atoms with van der Waals surface area (Å²) in [5.74, 6) is -0.107. The average Bonchev–Trinajstić information content (AvgIpc) is 2.44. The fraction of sp³-hybridized carbons (Fsp3) is 0.647. The summed E-state index contributed by atoms with van der Waals surface area (Å²) < 4.78 is 53.6. The van der Waals surface area contributed by atoms with Crippen molar-refractivity contribution in [1.29, 1.82) is 0 Å². The van der Waals surface area contributed by atoms with E-state index in [0.717, 1.165) is 0 Å². The third kappa shape index (κ3) is 5.31. The standard InChI is InChI=1S/C17H26F3NOS/c1-11(2)13-7-14(9-15(8-13)17(18,19)20)12(3)10-16(4,5)23(22)21-6/h7-9,11-12,21H,10H2,1-6H3/t12-,23?/m1/s1. The molecule has 0 radical (unpaired) electrons. The second-order valence-electron chi connectivity index (χ2n) is 6.88. The van der Waals surface area contributed by atoms with Crippen molar-refractivity contribution in [2.75, 3.05) is 7.05 Å². The molecule has 0 heterocycles. The lowest BCUT2D eigenvalue weighted by Crippen LogP contribution is -2.35. The van der Waals surface area contributed by atoms with Gasteiger partial charge in [-0.05, 0) is 62.4 Å². The molecule has 0 bridgehead atoms. The highest BCUT2D eigenvalue weighted by Gasteiger charge is 2.33. The zero-order chi connectivity index (χ0) is 18.0. The van der Waals surface area contributed by atoms with Crippen LogP contribution in [0.1, 0.15) is 69.6 Å². The molecule has 0 aliphatic rings. The second kappa shape index (κ2) is 7.34. The molecule has 0 saturated carbocycles. The van der Waals surface area contributed by atoms with Crippen LogP contribution in [0.15, 0.2) is 18.2 Å². The molecular formula is C17H26F3NOS. The van der Waals surface area contributed by atoms with Gasteiger partial charge in [0.05, 0.1) is 21.3 Å². The Morgan fingerprint density at radius 1 is 1.09 bits per heavy atom. The van der Waals surface area contributed by atoms with Gasteiger partial charge in [-0.3, -0.25) is 0 Å². The Hall–Kier alpha value is -0.880. The van der Waals surface area contributed by atoms with E-state index in [1.165, 1.54) is 12.1 Å². The number of alkyl halides is 3. The van der Waals surface area contributed by atoms with Crippen LogP contribution < -0.4 is 4.72 Å². The Morgan fingerprint density at radius 2 is 1.61 bits per heavy atom. The first-order chi connectivity index (χ1) is 10.4. The normalized spacial score (nSPS) is 15.7. The third-order valence-electron chi connectivity index (χ3n) is 4.03. The van der Waals surface area contributed by atoms with E-state index < -0.39 is 27.5 Å². The molecule has 1 aromatic rings. The molecule has 23 heavy (non-hydrogen) atoms. The lowest BCUT2D eigenvalue weighted by molar-refractivity contribution is -0.137. The number of nitrogens with one attached hydrogen (secondary N) is 1. The van der Waals surface area contributed by atoms with Crippen LogP contribution in [0.2, 0.25) is 0 Å². The molecule has 0 aromatic heterocycles. The fourth-order valence-corrected chi connectivity index (χ4v) is 3.62. The molecule has 0 fully saturated rings. The first-order valence-electron chi connectivity index (χ1n) is 7.70. The maximum absolute atomic E-state index is 13.1. The summed E-state index contributed by atoms with van der Waals surface area (Å²) in [6, 6.07) is 4.27. The molecule has 2 atom stereocenters. The first kappa shape index (κ1) is 20.2. The Balaban J connectivity index is 3.20. The van der Waals surface area contributed by atoms with Crippen LogP contribution in [0, 0.1) is 0 Å². The monoisotopic (exact) mass is 349 g/mol. The molecule has 0 aliphatic carbocycles.